The third-order valence-corrected chi connectivity index (χ3v) is 2.53. The maximum absolute atomic E-state index is 11.3. The van der Waals surface area contributed by atoms with Crippen molar-refractivity contribution >= 4 is 11.8 Å². The standard InChI is InChI=1S/C12H12O4/c1-12(2)6-8-4-3-7(5-9(8)16-12)10(13)11(14)15/h3-5H,6H2,1-2H3,(H,14,15). The van der Waals surface area contributed by atoms with E-state index in [1.54, 1.807) is 6.07 Å². The van der Waals surface area contributed by atoms with Crippen molar-refractivity contribution in [1.29, 1.82) is 0 Å². The Labute approximate surface area is 92.8 Å². The van der Waals surface area contributed by atoms with Gasteiger partial charge in [-0.1, -0.05) is 12.1 Å². The Bertz CT molecular complexity index is 474. The van der Waals surface area contributed by atoms with Crippen LogP contribution in [0.25, 0.3) is 0 Å². The number of aliphatic carboxylic acids is 1. The van der Waals surface area contributed by atoms with Gasteiger partial charge in [0, 0.05) is 12.0 Å². The molecule has 0 aromatic heterocycles. The van der Waals surface area contributed by atoms with Crippen LogP contribution < -0.4 is 4.74 Å². The third kappa shape index (κ3) is 1.78. The first-order valence-corrected chi connectivity index (χ1v) is 4.99. The van der Waals surface area contributed by atoms with Crippen LogP contribution in [0.5, 0.6) is 5.75 Å². The Morgan fingerprint density at radius 2 is 2.06 bits per heavy atom. The summed E-state index contributed by atoms with van der Waals surface area (Å²) in [6, 6.07) is 4.78. The molecule has 0 radical (unpaired) electrons. The lowest BCUT2D eigenvalue weighted by atomic mass is 10.0. The maximum Gasteiger partial charge on any atom is 0.377 e. The van der Waals surface area contributed by atoms with Crippen LogP contribution in [-0.4, -0.2) is 22.5 Å². The van der Waals surface area contributed by atoms with Gasteiger partial charge in [-0.3, -0.25) is 4.79 Å². The topological polar surface area (TPSA) is 63.6 Å². The van der Waals surface area contributed by atoms with Gasteiger partial charge in [0.05, 0.1) is 0 Å². The van der Waals surface area contributed by atoms with E-state index < -0.39 is 11.8 Å². The van der Waals surface area contributed by atoms with Crippen molar-refractivity contribution in [3.05, 3.63) is 29.3 Å². The lowest BCUT2D eigenvalue weighted by Gasteiger charge is -2.16. The SMILES string of the molecule is CC1(C)Cc2ccc(C(=O)C(=O)O)cc2O1. The zero-order chi connectivity index (χ0) is 11.9. The van der Waals surface area contributed by atoms with Gasteiger partial charge in [-0.15, -0.1) is 0 Å². The summed E-state index contributed by atoms with van der Waals surface area (Å²) in [5.41, 5.74) is 0.878. The van der Waals surface area contributed by atoms with E-state index in [0.29, 0.717) is 5.75 Å². The normalized spacial score (nSPS) is 16.4. The zero-order valence-corrected chi connectivity index (χ0v) is 9.11. The number of carboxylic acid groups (broad SMARTS) is 1. The second kappa shape index (κ2) is 3.33. The number of Topliss-reactive ketones (excluding diaryl/α,β-unsaturated/α-hetero) is 1. The summed E-state index contributed by atoms with van der Waals surface area (Å²) >= 11 is 0. The Morgan fingerprint density at radius 3 is 2.69 bits per heavy atom. The molecule has 0 saturated carbocycles. The molecule has 2 rings (SSSR count). The van der Waals surface area contributed by atoms with Gasteiger partial charge in [-0.05, 0) is 25.5 Å². The molecule has 16 heavy (non-hydrogen) atoms. The first-order chi connectivity index (χ1) is 7.39. The maximum atomic E-state index is 11.3. The first-order valence-electron chi connectivity index (χ1n) is 4.99. The largest absolute Gasteiger partial charge is 0.487 e. The fourth-order valence-electron chi connectivity index (χ4n) is 1.85. The van der Waals surface area contributed by atoms with E-state index in [1.807, 2.05) is 13.8 Å². The van der Waals surface area contributed by atoms with Gasteiger partial charge in [-0.25, -0.2) is 4.79 Å². The predicted octanol–water partition coefficient (Wildman–Crippen LogP) is 1.67. The Balaban J connectivity index is 2.36. The quantitative estimate of drug-likeness (QED) is 0.608. The molecule has 0 aliphatic carbocycles. The summed E-state index contributed by atoms with van der Waals surface area (Å²) in [4.78, 5) is 21.8. The Hall–Kier alpha value is -1.84. The molecule has 1 aromatic carbocycles. The zero-order valence-electron chi connectivity index (χ0n) is 9.11. The molecule has 0 fully saturated rings. The van der Waals surface area contributed by atoms with Gasteiger partial charge in [0.25, 0.3) is 5.78 Å². The lowest BCUT2D eigenvalue weighted by molar-refractivity contribution is -0.131. The summed E-state index contributed by atoms with van der Waals surface area (Å²) < 4.78 is 5.62. The van der Waals surface area contributed by atoms with Crippen LogP contribution in [0.3, 0.4) is 0 Å². The highest BCUT2D eigenvalue weighted by Gasteiger charge is 2.30. The summed E-state index contributed by atoms with van der Waals surface area (Å²) in [5, 5.41) is 8.60. The first kappa shape index (κ1) is 10.7. The average Bonchev–Trinajstić information content (AvgIpc) is 2.48. The van der Waals surface area contributed by atoms with Crippen LogP contribution in [0, 0.1) is 0 Å². The minimum Gasteiger partial charge on any atom is -0.487 e. The van der Waals surface area contributed by atoms with E-state index in [9.17, 15) is 9.59 Å². The molecule has 4 nitrogen and oxygen atoms in total. The molecule has 0 bridgehead atoms. The lowest BCUT2D eigenvalue weighted by Crippen LogP contribution is -2.24. The molecule has 1 heterocycles. The fourth-order valence-corrected chi connectivity index (χ4v) is 1.85. The van der Waals surface area contributed by atoms with E-state index in [1.165, 1.54) is 12.1 Å². The van der Waals surface area contributed by atoms with Crippen molar-refractivity contribution in [2.24, 2.45) is 0 Å². The number of carbonyl (C=O) groups is 2. The second-order valence-corrected chi connectivity index (χ2v) is 4.50. The number of carbonyl (C=O) groups excluding carboxylic acids is 1. The molecule has 0 spiro atoms. The number of carboxylic acids is 1. The molecule has 1 aromatic rings. The van der Waals surface area contributed by atoms with E-state index in [0.717, 1.165) is 12.0 Å². The Morgan fingerprint density at radius 1 is 1.38 bits per heavy atom. The highest BCUT2D eigenvalue weighted by Crippen LogP contribution is 2.35. The van der Waals surface area contributed by atoms with E-state index in [-0.39, 0.29) is 11.2 Å². The van der Waals surface area contributed by atoms with Gasteiger partial charge >= 0.3 is 5.97 Å². The van der Waals surface area contributed by atoms with Crippen molar-refractivity contribution in [1.82, 2.24) is 0 Å². The number of fused-ring (bicyclic) bond motifs is 1. The van der Waals surface area contributed by atoms with E-state index >= 15 is 0 Å². The monoisotopic (exact) mass is 220 g/mol. The van der Waals surface area contributed by atoms with Crippen molar-refractivity contribution in [2.45, 2.75) is 25.9 Å². The van der Waals surface area contributed by atoms with Crippen LogP contribution in [0.4, 0.5) is 0 Å². The number of ether oxygens (including phenoxy) is 1. The number of hydrogen-bond donors (Lipinski definition) is 1. The van der Waals surface area contributed by atoms with Gasteiger partial charge in [0.1, 0.15) is 11.4 Å². The highest BCUT2D eigenvalue weighted by atomic mass is 16.5. The van der Waals surface area contributed by atoms with Crippen molar-refractivity contribution in [2.75, 3.05) is 0 Å². The molecular formula is C12H12O4. The molecule has 1 aliphatic rings. The van der Waals surface area contributed by atoms with Crippen molar-refractivity contribution < 1.29 is 19.4 Å². The average molecular weight is 220 g/mol. The molecule has 4 heteroatoms. The van der Waals surface area contributed by atoms with Crippen molar-refractivity contribution in [3.63, 3.8) is 0 Å². The van der Waals surface area contributed by atoms with E-state index in [4.69, 9.17) is 9.84 Å². The van der Waals surface area contributed by atoms with Gasteiger partial charge in [0.15, 0.2) is 0 Å². The van der Waals surface area contributed by atoms with Crippen LogP contribution in [0.15, 0.2) is 18.2 Å². The summed E-state index contributed by atoms with van der Waals surface area (Å²) in [7, 11) is 0. The molecule has 0 atom stereocenters. The highest BCUT2D eigenvalue weighted by molar-refractivity contribution is 6.39. The second-order valence-electron chi connectivity index (χ2n) is 4.50. The summed E-state index contributed by atoms with van der Waals surface area (Å²) in [6.45, 7) is 3.90. The molecule has 1 aliphatic heterocycles. The minimum absolute atomic E-state index is 0.156. The molecule has 0 saturated heterocycles. The summed E-state index contributed by atoms with van der Waals surface area (Å²) in [6.07, 6.45) is 0.768. The molecule has 0 amide bonds. The number of rotatable bonds is 2. The molecule has 1 N–H and O–H groups in total. The molecular weight excluding hydrogens is 208 g/mol. The molecule has 84 valence electrons. The minimum atomic E-state index is -1.45. The number of benzene rings is 1. The number of ketones is 1. The van der Waals surface area contributed by atoms with Crippen LogP contribution in [0.2, 0.25) is 0 Å². The van der Waals surface area contributed by atoms with Crippen molar-refractivity contribution in [3.8, 4) is 5.75 Å². The Kier molecular flexibility index (Phi) is 2.22. The number of hydrogen-bond acceptors (Lipinski definition) is 3. The van der Waals surface area contributed by atoms with Gasteiger partial charge in [-0.2, -0.15) is 0 Å². The van der Waals surface area contributed by atoms with Crippen LogP contribution in [-0.2, 0) is 11.2 Å². The fraction of sp³-hybridized carbons (Fsp3) is 0.333. The van der Waals surface area contributed by atoms with E-state index in [2.05, 4.69) is 0 Å². The van der Waals surface area contributed by atoms with Crippen LogP contribution >= 0.6 is 0 Å². The smallest absolute Gasteiger partial charge is 0.377 e. The summed E-state index contributed by atoms with van der Waals surface area (Å²) in [5.74, 6) is -1.74. The third-order valence-electron chi connectivity index (χ3n) is 2.53. The van der Waals surface area contributed by atoms with Gasteiger partial charge in [0.2, 0.25) is 0 Å². The van der Waals surface area contributed by atoms with Gasteiger partial charge < -0.3 is 9.84 Å². The molecule has 0 unspecified atom stereocenters. The predicted molar refractivity (Wildman–Crippen MR) is 56.8 cm³/mol. The van der Waals surface area contributed by atoms with Crippen LogP contribution in [0.1, 0.15) is 29.8 Å².